The van der Waals surface area contributed by atoms with Gasteiger partial charge in [-0.3, -0.25) is 0 Å². The predicted molar refractivity (Wildman–Crippen MR) is 101 cm³/mol. The van der Waals surface area contributed by atoms with Gasteiger partial charge >= 0.3 is 0 Å². The minimum Gasteiger partial charge on any atom is -0.489 e. The highest BCUT2D eigenvalue weighted by molar-refractivity contribution is 9.10. The summed E-state index contributed by atoms with van der Waals surface area (Å²) in [6.45, 7) is 2.42. The molecule has 3 aromatic rings. The Labute approximate surface area is 155 Å². The average Bonchev–Trinajstić information content (AvgIpc) is 2.64. The number of hydrogen-bond donors (Lipinski definition) is 0. The third kappa shape index (κ3) is 4.40. The van der Waals surface area contributed by atoms with Gasteiger partial charge in [0.15, 0.2) is 0 Å². The number of ether oxygens (including phenoxy) is 2. The van der Waals surface area contributed by atoms with Crippen LogP contribution in [0.2, 0.25) is 0 Å². The molecule has 0 N–H and O–H groups in total. The molecule has 0 bridgehead atoms. The highest BCUT2D eigenvalue weighted by Crippen LogP contribution is 2.32. The summed E-state index contributed by atoms with van der Waals surface area (Å²) in [6, 6.07) is 23.3. The molecule has 0 heterocycles. The van der Waals surface area contributed by atoms with E-state index in [9.17, 15) is 0 Å². The lowest BCUT2D eigenvalue weighted by atomic mass is 10.1. The summed E-state index contributed by atoms with van der Waals surface area (Å²) in [5, 5.41) is 9.08. The number of aryl methyl sites for hydroxylation is 1. The maximum absolute atomic E-state index is 9.08. The van der Waals surface area contributed by atoms with Crippen molar-refractivity contribution in [2.75, 3.05) is 0 Å². The molecule has 0 fully saturated rings. The second kappa shape index (κ2) is 7.87. The maximum Gasteiger partial charge on any atom is 0.131 e. The fourth-order valence-electron chi connectivity index (χ4n) is 2.35. The van der Waals surface area contributed by atoms with Crippen LogP contribution in [0.1, 0.15) is 16.7 Å². The molecule has 3 nitrogen and oxygen atoms in total. The van der Waals surface area contributed by atoms with Crippen molar-refractivity contribution in [3.8, 4) is 23.3 Å². The summed E-state index contributed by atoms with van der Waals surface area (Å²) in [4.78, 5) is 0. The molecule has 0 saturated heterocycles. The molecule has 3 rings (SSSR count). The fraction of sp³-hybridized carbons (Fsp3) is 0.0952. The van der Waals surface area contributed by atoms with E-state index in [0.717, 1.165) is 16.9 Å². The van der Waals surface area contributed by atoms with Crippen LogP contribution >= 0.6 is 15.9 Å². The summed E-state index contributed by atoms with van der Waals surface area (Å²) in [6.07, 6.45) is 0. The molecule has 0 unspecified atom stereocenters. The van der Waals surface area contributed by atoms with Gasteiger partial charge in [-0.25, -0.2) is 0 Å². The second-order valence-corrected chi connectivity index (χ2v) is 6.41. The molecule has 0 aliphatic heterocycles. The summed E-state index contributed by atoms with van der Waals surface area (Å²) >= 11 is 3.39. The minimum absolute atomic E-state index is 0.506. The van der Waals surface area contributed by atoms with E-state index in [-0.39, 0.29) is 0 Å². The third-order valence-electron chi connectivity index (χ3n) is 3.67. The van der Waals surface area contributed by atoms with Gasteiger partial charge in [-0.05, 0) is 58.2 Å². The van der Waals surface area contributed by atoms with E-state index in [1.54, 1.807) is 6.07 Å². The maximum atomic E-state index is 9.08. The van der Waals surface area contributed by atoms with E-state index in [4.69, 9.17) is 14.7 Å². The molecular formula is C21H16BrNO2. The predicted octanol–water partition coefficient (Wildman–Crippen LogP) is 6.00. The summed E-state index contributed by atoms with van der Waals surface area (Å²) in [5.41, 5.74) is 2.60. The first kappa shape index (κ1) is 17.1. The number of hydrogen-bond acceptors (Lipinski definition) is 3. The molecule has 0 amide bonds. The van der Waals surface area contributed by atoms with Crippen molar-refractivity contribution < 1.29 is 9.47 Å². The highest BCUT2D eigenvalue weighted by Gasteiger charge is 2.08. The van der Waals surface area contributed by atoms with Gasteiger partial charge in [0, 0.05) is 10.5 Å². The molecule has 3 aromatic carbocycles. The van der Waals surface area contributed by atoms with Crippen molar-refractivity contribution in [1.82, 2.24) is 0 Å². The summed E-state index contributed by atoms with van der Waals surface area (Å²) < 4.78 is 12.5. The Bertz CT molecular complexity index is 917. The normalized spacial score (nSPS) is 10.1. The molecule has 4 heteroatoms. The van der Waals surface area contributed by atoms with Crippen molar-refractivity contribution in [1.29, 1.82) is 5.26 Å². The van der Waals surface area contributed by atoms with E-state index >= 15 is 0 Å². The van der Waals surface area contributed by atoms with Crippen LogP contribution in [-0.4, -0.2) is 0 Å². The van der Waals surface area contributed by atoms with Crippen LogP contribution < -0.4 is 9.47 Å². The monoisotopic (exact) mass is 393 g/mol. The molecular weight excluding hydrogens is 378 g/mol. The molecule has 0 atom stereocenters. The fourth-order valence-corrected chi connectivity index (χ4v) is 2.77. The Kier molecular flexibility index (Phi) is 5.37. The second-order valence-electron chi connectivity index (χ2n) is 5.56. The van der Waals surface area contributed by atoms with E-state index in [0.29, 0.717) is 28.1 Å². The van der Waals surface area contributed by atoms with Gasteiger partial charge < -0.3 is 9.47 Å². The standard InChI is InChI=1S/C21H16BrNO2/c1-15-10-17(13-23)20(22)12-21(15)25-19-9-5-8-18(11-19)24-14-16-6-3-2-4-7-16/h2-12H,14H2,1H3. The Hall–Kier alpha value is -2.77. The van der Waals surface area contributed by atoms with E-state index in [2.05, 4.69) is 22.0 Å². The van der Waals surface area contributed by atoms with Gasteiger partial charge in [0.05, 0.1) is 5.56 Å². The van der Waals surface area contributed by atoms with Crippen LogP contribution in [0.25, 0.3) is 0 Å². The smallest absolute Gasteiger partial charge is 0.131 e. The van der Waals surface area contributed by atoms with Crippen LogP contribution in [-0.2, 0) is 6.61 Å². The molecule has 0 saturated carbocycles. The largest absolute Gasteiger partial charge is 0.489 e. The SMILES string of the molecule is Cc1cc(C#N)c(Br)cc1Oc1cccc(OCc2ccccc2)c1. The number of benzene rings is 3. The Morgan fingerprint density at radius 2 is 1.72 bits per heavy atom. The van der Waals surface area contributed by atoms with Crippen LogP contribution in [0.3, 0.4) is 0 Å². The lowest BCUT2D eigenvalue weighted by Crippen LogP contribution is -1.95. The molecule has 0 radical (unpaired) electrons. The molecule has 124 valence electrons. The van der Waals surface area contributed by atoms with Gasteiger partial charge in [0.2, 0.25) is 0 Å². The zero-order valence-corrected chi connectivity index (χ0v) is 15.3. The van der Waals surface area contributed by atoms with Gasteiger partial charge in [-0.15, -0.1) is 0 Å². The molecule has 0 aliphatic carbocycles. The molecule has 25 heavy (non-hydrogen) atoms. The van der Waals surface area contributed by atoms with Crippen LogP contribution in [0.15, 0.2) is 71.2 Å². The van der Waals surface area contributed by atoms with E-state index in [1.165, 1.54) is 0 Å². The van der Waals surface area contributed by atoms with Crippen molar-refractivity contribution >= 4 is 15.9 Å². The van der Waals surface area contributed by atoms with Crippen molar-refractivity contribution in [3.63, 3.8) is 0 Å². The lowest BCUT2D eigenvalue weighted by Gasteiger charge is -2.12. The van der Waals surface area contributed by atoms with Gasteiger partial charge in [-0.2, -0.15) is 5.26 Å². The van der Waals surface area contributed by atoms with Crippen LogP contribution in [0, 0.1) is 18.3 Å². The topological polar surface area (TPSA) is 42.2 Å². The van der Waals surface area contributed by atoms with E-state index < -0.39 is 0 Å². The van der Waals surface area contributed by atoms with Crippen LogP contribution in [0.5, 0.6) is 17.2 Å². The molecule has 0 aromatic heterocycles. The number of nitrogens with zero attached hydrogens (tertiary/aromatic N) is 1. The van der Waals surface area contributed by atoms with Gasteiger partial charge in [-0.1, -0.05) is 36.4 Å². The summed E-state index contributed by atoms with van der Waals surface area (Å²) in [7, 11) is 0. The van der Waals surface area contributed by atoms with Crippen molar-refractivity contribution in [2.24, 2.45) is 0 Å². The number of halogens is 1. The third-order valence-corrected chi connectivity index (χ3v) is 4.32. The van der Waals surface area contributed by atoms with Crippen LogP contribution in [0.4, 0.5) is 0 Å². The molecule has 0 spiro atoms. The first-order chi connectivity index (χ1) is 12.2. The highest BCUT2D eigenvalue weighted by atomic mass is 79.9. The van der Waals surface area contributed by atoms with Gasteiger partial charge in [0.1, 0.15) is 29.9 Å². The Balaban J connectivity index is 1.74. The van der Waals surface area contributed by atoms with Crippen molar-refractivity contribution in [3.05, 3.63) is 87.9 Å². The van der Waals surface area contributed by atoms with Gasteiger partial charge in [0.25, 0.3) is 0 Å². The Morgan fingerprint density at radius 1 is 0.960 bits per heavy atom. The first-order valence-electron chi connectivity index (χ1n) is 7.80. The molecule has 0 aliphatic rings. The van der Waals surface area contributed by atoms with E-state index in [1.807, 2.05) is 67.6 Å². The van der Waals surface area contributed by atoms with Crippen molar-refractivity contribution in [2.45, 2.75) is 13.5 Å². The first-order valence-corrected chi connectivity index (χ1v) is 8.60. The average molecular weight is 394 g/mol. The summed E-state index contributed by atoms with van der Waals surface area (Å²) in [5.74, 6) is 2.13. The zero-order chi connectivity index (χ0) is 17.6. The number of rotatable bonds is 5. The Morgan fingerprint density at radius 3 is 2.48 bits per heavy atom. The zero-order valence-electron chi connectivity index (χ0n) is 13.7. The number of nitriles is 1. The lowest BCUT2D eigenvalue weighted by molar-refractivity contribution is 0.304. The quantitative estimate of drug-likeness (QED) is 0.533. The minimum atomic E-state index is 0.506.